The maximum Gasteiger partial charge on any atom is 0.323 e. The van der Waals surface area contributed by atoms with Crippen LogP contribution >= 0.6 is 0 Å². The Morgan fingerprint density at radius 1 is 1.30 bits per heavy atom. The van der Waals surface area contributed by atoms with E-state index in [0.717, 1.165) is 19.5 Å². The van der Waals surface area contributed by atoms with Gasteiger partial charge in [0.25, 0.3) is 0 Å². The van der Waals surface area contributed by atoms with Crippen molar-refractivity contribution >= 4 is 5.97 Å². The van der Waals surface area contributed by atoms with Crippen LogP contribution in [-0.4, -0.2) is 49.2 Å². The molecule has 20 heavy (non-hydrogen) atoms. The standard InChI is InChI=1S/C16H32N2O2/c1-4-14-10-8-7-9-12-18(14)13-11-15(17-5-2)16(19)20-6-3/h14-15,17H,4-13H2,1-3H3. The van der Waals surface area contributed by atoms with Crippen LogP contribution in [0.1, 0.15) is 59.3 Å². The second-order valence-electron chi connectivity index (χ2n) is 5.60. The van der Waals surface area contributed by atoms with Crippen molar-refractivity contribution in [3.05, 3.63) is 0 Å². The van der Waals surface area contributed by atoms with Gasteiger partial charge >= 0.3 is 5.97 Å². The van der Waals surface area contributed by atoms with Crippen molar-refractivity contribution in [1.82, 2.24) is 10.2 Å². The van der Waals surface area contributed by atoms with Crippen LogP contribution in [0.25, 0.3) is 0 Å². The average Bonchev–Trinajstić information content (AvgIpc) is 2.68. The van der Waals surface area contributed by atoms with Gasteiger partial charge in [0.05, 0.1) is 6.61 Å². The quantitative estimate of drug-likeness (QED) is 0.696. The van der Waals surface area contributed by atoms with Crippen LogP contribution in [0.3, 0.4) is 0 Å². The number of likely N-dealkylation sites (tertiary alicyclic amines) is 1. The maximum absolute atomic E-state index is 11.9. The number of rotatable bonds is 8. The van der Waals surface area contributed by atoms with E-state index in [4.69, 9.17) is 4.74 Å². The number of nitrogens with one attached hydrogen (secondary N) is 1. The summed E-state index contributed by atoms with van der Waals surface area (Å²) in [5.41, 5.74) is 0. The molecular weight excluding hydrogens is 252 g/mol. The minimum absolute atomic E-state index is 0.0998. The van der Waals surface area contributed by atoms with E-state index in [0.29, 0.717) is 12.6 Å². The number of carbonyl (C=O) groups is 1. The highest BCUT2D eigenvalue weighted by molar-refractivity contribution is 5.75. The van der Waals surface area contributed by atoms with Gasteiger partial charge in [-0.25, -0.2) is 0 Å². The zero-order chi connectivity index (χ0) is 14.8. The molecule has 0 bridgehead atoms. The van der Waals surface area contributed by atoms with Crippen LogP contribution in [-0.2, 0) is 9.53 Å². The van der Waals surface area contributed by atoms with Gasteiger partial charge in [-0.2, -0.15) is 0 Å². The second-order valence-corrected chi connectivity index (χ2v) is 5.60. The van der Waals surface area contributed by atoms with E-state index in [1.807, 2.05) is 13.8 Å². The lowest BCUT2D eigenvalue weighted by Crippen LogP contribution is -2.43. The summed E-state index contributed by atoms with van der Waals surface area (Å²) in [6.45, 7) is 9.61. The van der Waals surface area contributed by atoms with Crippen molar-refractivity contribution in [3.63, 3.8) is 0 Å². The number of ether oxygens (including phenoxy) is 1. The van der Waals surface area contributed by atoms with Crippen LogP contribution in [0.5, 0.6) is 0 Å². The van der Waals surface area contributed by atoms with E-state index in [1.165, 1.54) is 38.6 Å². The molecule has 0 amide bonds. The number of hydrogen-bond donors (Lipinski definition) is 1. The molecule has 0 spiro atoms. The number of nitrogens with zero attached hydrogens (tertiary/aromatic N) is 1. The molecule has 1 rings (SSSR count). The molecule has 0 radical (unpaired) electrons. The van der Waals surface area contributed by atoms with Gasteiger partial charge in [-0.05, 0) is 45.7 Å². The predicted octanol–water partition coefficient (Wildman–Crippen LogP) is 2.57. The van der Waals surface area contributed by atoms with E-state index in [9.17, 15) is 4.79 Å². The van der Waals surface area contributed by atoms with Gasteiger partial charge in [0.1, 0.15) is 6.04 Å². The van der Waals surface area contributed by atoms with E-state index in [1.54, 1.807) is 0 Å². The molecule has 1 saturated heterocycles. The van der Waals surface area contributed by atoms with Gasteiger partial charge in [0.15, 0.2) is 0 Å². The first-order valence-corrected chi connectivity index (χ1v) is 8.36. The summed E-state index contributed by atoms with van der Waals surface area (Å²) in [6, 6.07) is 0.544. The molecular formula is C16H32N2O2. The Morgan fingerprint density at radius 3 is 2.75 bits per heavy atom. The Bertz CT molecular complexity index is 271. The summed E-state index contributed by atoms with van der Waals surface area (Å²) in [6.07, 6.45) is 7.36. The van der Waals surface area contributed by atoms with E-state index < -0.39 is 0 Å². The Kier molecular flexibility index (Phi) is 8.86. The topological polar surface area (TPSA) is 41.6 Å². The van der Waals surface area contributed by atoms with Crippen molar-refractivity contribution in [2.45, 2.75) is 71.4 Å². The molecule has 1 aliphatic rings. The van der Waals surface area contributed by atoms with Crippen molar-refractivity contribution in [2.75, 3.05) is 26.2 Å². The molecule has 2 atom stereocenters. The second kappa shape index (κ2) is 10.2. The van der Waals surface area contributed by atoms with Crippen molar-refractivity contribution in [3.8, 4) is 0 Å². The zero-order valence-electron chi connectivity index (χ0n) is 13.5. The molecule has 0 aromatic rings. The molecule has 1 fully saturated rings. The first-order valence-electron chi connectivity index (χ1n) is 8.36. The van der Waals surface area contributed by atoms with Crippen LogP contribution in [0.2, 0.25) is 0 Å². The summed E-state index contributed by atoms with van der Waals surface area (Å²) < 4.78 is 5.15. The van der Waals surface area contributed by atoms with Gasteiger partial charge in [0, 0.05) is 12.6 Å². The molecule has 4 nitrogen and oxygen atoms in total. The lowest BCUT2D eigenvalue weighted by Gasteiger charge is -2.30. The first kappa shape index (κ1) is 17.4. The third-order valence-corrected chi connectivity index (χ3v) is 4.20. The molecule has 2 unspecified atom stereocenters. The highest BCUT2D eigenvalue weighted by atomic mass is 16.5. The Hall–Kier alpha value is -0.610. The molecule has 1 heterocycles. The normalized spacial score (nSPS) is 22.2. The van der Waals surface area contributed by atoms with Crippen LogP contribution in [0.15, 0.2) is 0 Å². The largest absolute Gasteiger partial charge is 0.465 e. The Balaban J connectivity index is 2.48. The van der Waals surface area contributed by atoms with Crippen molar-refractivity contribution in [1.29, 1.82) is 0 Å². The predicted molar refractivity (Wildman–Crippen MR) is 82.8 cm³/mol. The lowest BCUT2D eigenvalue weighted by atomic mass is 10.1. The van der Waals surface area contributed by atoms with Crippen LogP contribution in [0.4, 0.5) is 0 Å². The maximum atomic E-state index is 11.9. The fraction of sp³-hybridized carbons (Fsp3) is 0.938. The highest BCUT2D eigenvalue weighted by Gasteiger charge is 2.23. The Labute approximate surface area is 124 Å². The molecule has 1 aliphatic heterocycles. The fourth-order valence-corrected chi connectivity index (χ4v) is 3.08. The molecule has 1 N–H and O–H groups in total. The summed E-state index contributed by atoms with van der Waals surface area (Å²) in [5, 5.41) is 3.25. The Morgan fingerprint density at radius 2 is 2.10 bits per heavy atom. The van der Waals surface area contributed by atoms with E-state index >= 15 is 0 Å². The lowest BCUT2D eigenvalue weighted by molar-refractivity contribution is -0.146. The van der Waals surface area contributed by atoms with Gasteiger partial charge in [-0.15, -0.1) is 0 Å². The fourth-order valence-electron chi connectivity index (χ4n) is 3.08. The minimum atomic E-state index is -0.152. The van der Waals surface area contributed by atoms with Crippen LogP contribution in [0, 0.1) is 0 Å². The molecule has 0 aliphatic carbocycles. The zero-order valence-corrected chi connectivity index (χ0v) is 13.5. The van der Waals surface area contributed by atoms with Crippen molar-refractivity contribution in [2.24, 2.45) is 0 Å². The highest BCUT2D eigenvalue weighted by Crippen LogP contribution is 2.19. The molecule has 0 aromatic carbocycles. The molecule has 4 heteroatoms. The number of esters is 1. The van der Waals surface area contributed by atoms with Crippen molar-refractivity contribution < 1.29 is 9.53 Å². The third-order valence-electron chi connectivity index (χ3n) is 4.20. The number of likely N-dealkylation sites (N-methyl/N-ethyl adjacent to an activating group) is 1. The molecule has 118 valence electrons. The summed E-state index contributed by atoms with van der Waals surface area (Å²) in [4.78, 5) is 14.5. The minimum Gasteiger partial charge on any atom is -0.465 e. The smallest absolute Gasteiger partial charge is 0.323 e. The summed E-state index contributed by atoms with van der Waals surface area (Å²) in [7, 11) is 0. The number of hydrogen-bond acceptors (Lipinski definition) is 4. The van der Waals surface area contributed by atoms with Crippen LogP contribution < -0.4 is 5.32 Å². The van der Waals surface area contributed by atoms with Gasteiger partial charge in [-0.1, -0.05) is 26.7 Å². The van der Waals surface area contributed by atoms with Gasteiger partial charge in [-0.3, -0.25) is 4.79 Å². The number of carbonyl (C=O) groups excluding carboxylic acids is 1. The monoisotopic (exact) mass is 284 g/mol. The van der Waals surface area contributed by atoms with Gasteiger partial charge in [0.2, 0.25) is 0 Å². The van der Waals surface area contributed by atoms with E-state index in [-0.39, 0.29) is 12.0 Å². The summed E-state index contributed by atoms with van der Waals surface area (Å²) >= 11 is 0. The molecule has 0 aromatic heterocycles. The average molecular weight is 284 g/mol. The molecule has 0 saturated carbocycles. The van der Waals surface area contributed by atoms with E-state index in [2.05, 4.69) is 17.1 Å². The van der Waals surface area contributed by atoms with Gasteiger partial charge < -0.3 is 15.0 Å². The first-order chi connectivity index (χ1) is 9.72. The third kappa shape index (κ3) is 5.80. The summed E-state index contributed by atoms with van der Waals surface area (Å²) in [5.74, 6) is -0.0998. The SMILES string of the molecule is CCNC(CCN1CCCCCC1CC)C(=O)OCC.